The molecule has 3 rings (SSSR count). The molecule has 2 aromatic rings. The number of nitrogens with one attached hydrogen (secondary N) is 1. The van der Waals surface area contributed by atoms with E-state index in [-0.39, 0.29) is 40.6 Å². The average Bonchev–Trinajstić information content (AvgIpc) is 2.69. The van der Waals surface area contributed by atoms with Crippen molar-refractivity contribution in [3.05, 3.63) is 41.1 Å². The number of carbonyl (C=O) groups is 2. The van der Waals surface area contributed by atoms with Gasteiger partial charge < -0.3 is 20.7 Å². The maximum absolute atomic E-state index is 13.6. The topological polar surface area (TPSA) is 110 Å². The first-order valence-electron chi connectivity index (χ1n) is 9.02. The van der Waals surface area contributed by atoms with Crippen LogP contribution in [-0.4, -0.2) is 52.8 Å². The number of nitrogens with zero attached hydrogens (tertiary/aromatic N) is 3. The summed E-state index contributed by atoms with van der Waals surface area (Å²) in [6, 6.07) is 1.62. The number of nitrogen functional groups attached to an aromatic ring is 1. The summed E-state index contributed by atoms with van der Waals surface area (Å²) in [6.07, 6.45) is 2.70. The van der Waals surface area contributed by atoms with Crippen LogP contribution in [0.4, 0.5) is 20.5 Å². The Balaban J connectivity index is 1.76. The number of nitrogens with two attached hydrogens (primary N) is 1. The van der Waals surface area contributed by atoms with E-state index >= 15 is 0 Å². The lowest BCUT2D eigenvalue weighted by atomic mass is 10.0. The molecular weight excluding hydrogens is 384 g/mol. The van der Waals surface area contributed by atoms with Gasteiger partial charge in [-0.2, -0.15) is 4.98 Å². The molecule has 10 heteroatoms. The van der Waals surface area contributed by atoms with Crippen LogP contribution in [-0.2, 0) is 4.79 Å². The molecule has 0 unspecified atom stereocenters. The molecule has 0 atom stereocenters. The number of benzene rings is 1. The number of anilines is 2. The van der Waals surface area contributed by atoms with Crippen molar-refractivity contribution >= 4 is 23.5 Å². The fraction of sp³-hybridized carbons (Fsp3) is 0.368. The number of rotatable bonds is 5. The van der Waals surface area contributed by atoms with E-state index in [1.807, 2.05) is 0 Å². The number of amides is 1. The van der Waals surface area contributed by atoms with E-state index in [1.165, 1.54) is 20.2 Å². The number of hydrogen-bond donors (Lipinski definition) is 2. The van der Waals surface area contributed by atoms with Gasteiger partial charge in [0.15, 0.2) is 11.6 Å². The molecule has 1 amide bonds. The van der Waals surface area contributed by atoms with Crippen LogP contribution in [0.2, 0.25) is 0 Å². The molecule has 29 heavy (non-hydrogen) atoms. The summed E-state index contributed by atoms with van der Waals surface area (Å²) in [5.41, 5.74) is 5.68. The molecule has 0 aliphatic carbocycles. The Morgan fingerprint density at radius 2 is 1.86 bits per heavy atom. The van der Waals surface area contributed by atoms with Gasteiger partial charge in [0.05, 0.1) is 18.2 Å². The minimum atomic E-state index is -1.18. The predicted octanol–water partition coefficient (Wildman–Crippen LogP) is 2.00. The molecule has 1 aromatic heterocycles. The highest BCUT2D eigenvalue weighted by Gasteiger charge is 2.23. The minimum absolute atomic E-state index is 0.0412. The van der Waals surface area contributed by atoms with E-state index < -0.39 is 17.4 Å². The number of aromatic nitrogens is 2. The molecule has 154 valence electrons. The Labute approximate surface area is 166 Å². The number of likely N-dealkylation sites (tertiary alicyclic amines) is 1. The van der Waals surface area contributed by atoms with Gasteiger partial charge in [-0.05, 0) is 18.9 Å². The highest BCUT2D eigenvalue weighted by Crippen LogP contribution is 2.26. The van der Waals surface area contributed by atoms with Gasteiger partial charge >= 0.3 is 0 Å². The zero-order valence-corrected chi connectivity index (χ0v) is 16.0. The maximum atomic E-state index is 13.6. The normalized spacial score (nSPS) is 14.6. The third-order valence-corrected chi connectivity index (χ3v) is 4.82. The van der Waals surface area contributed by atoms with Gasteiger partial charge in [-0.25, -0.2) is 13.8 Å². The van der Waals surface area contributed by atoms with Crippen molar-refractivity contribution in [1.82, 2.24) is 14.9 Å². The molecule has 1 aliphatic rings. The maximum Gasteiger partial charge on any atom is 0.224 e. The smallest absolute Gasteiger partial charge is 0.224 e. The molecule has 0 saturated carbocycles. The zero-order chi connectivity index (χ0) is 21.1. The number of hydrogen-bond acceptors (Lipinski definition) is 7. The van der Waals surface area contributed by atoms with Crippen molar-refractivity contribution in [3.63, 3.8) is 0 Å². The Hall–Kier alpha value is -3.30. The third kappa shape index (κ3) is 4.41. The van der Waals surface area contributed by atoms with Gasteiger partial charge in [-0.15, -0.1) is 0 Å². The van der Waals surface area contributed by atoms with Crippen molar-refractivity contribution in [2.24, 2.45) is 0 Å². The molecule has 0 spiro atoms. The van der Waals surface area contributed by atoms with Crippen LogP contribution in [0.25, 0.3) is 0 Å². The Bertz CT molecular complexity index is 946. The number of ketones is 1. The largest absolute Gasteiger partial charge is 0.496 e. The lowest BCUT2D eigenvalue weighted by Crippen LogP contribution is -2.41. The van der Waals surface area contributed by atoms with E-state index in [4.69, 9.17) is 10.5 Å². The molecule has 1 aliphatic heterocycles. The van der Waals surface area contributed by atoms with Crippen LogP contribution in [0.5, 0.6) is 5.75 Å². The van der Waals surface area contributed by atoms with Crippen LogP contribution in [0.1, 0.15) is 35.7 Å². The summed E-state index contributed by atoms with van der Waals surface area (Å²) >= 11 is 0. The Kier molecular flexibility index (Phi) is 5.90. The van der Waals surface area contributed by atoms with E-state index in [0.29, 0.717) is 13.1 Å². The molecule has 0 bridgehead atoms. The first kappa shape index (κ1) is 20.4. The van der Waals surface area contributed by atoms with Crippen LogP contribution in [0, 0.1) is 11.6 Å². The standard InChI is InChI=1S/C19H21F2N5O3/c1-10(27)26-5-3-11(4-6-26)24-19-23-9-13(18(22)25-19)17(28)12-7-14(20)15(21)8-16(12)29-2/h7-9,11H,3-6H2,1-2H3,(H3,22,23,24,25). The van der Waals surface area contributed by atoms with Crippen molar-refractivity contribution in [1.29, 1.82) is 0 Å². The van der Waals surface area contributed by atoms with E-state index in [9.17, 15) is 18.4 Å². The third-order valence-electron chi connectivity index (χ3n) is 4.82. The van der Waals surface area contributed by atoms with Gasteiger partial charge in [0.1, 0.15) is 11.6 Å². The lowest BCUT2D eigenvalue weighted by Gasteiger charge is -2.31. The summed E-state index contributed by atoms with van der Waals surface area (Å²) in [7, 11) is 1.24. The molecule has 1 fully saturated rings. The fourth-order valence-corrected chi connectivity index (χ4v) is 3.18. The minimum Gasteiger partial charge on any atom is -0.496 e. The van der Waals surface area contributed by atoms with Crippen molar-refractivity contribution in [2.75, 3.05) is 31.2 Å². The molecule has 3 N–H and O–H groups in total. The van der Waals surface area contributed by atoms with Gasteiger partial charge in [0.2, 0.25) is 17.6 Å². The van der Waals surface area contributed by atoms with Crippen LogP contribution < -0.4 is 15.8 Å². The van der Waals surface area contributed by atoms with E-state index in [0.717, 1.165) is 25.0 Å². The van der Waals surface area contributed by atoms with Crippen LogP contribution in [0.15, 0.2) is 18.3 Å². The molecule has 1 saturated heterocycles. The molecule has 8 nitrogen and oxygen atoms in total. The lowest BCUT2D eigenvalue weighted by molar-refractivity contribution is -0.129. The number of methoxy groups -OCH3 is 1. The van der Waals surface area contributed by atoms with E-state index in [2.05, 4.69) is 15.3 Å². The second-order valence-corrected chi connectivity index (χ2v) is 6.71. The first-order valence-corrected chi connectivity index (χ1v) is 9.02. The number of carbonyl (C=O) groups excluding carboxylic acids is 2. The predicted molar refractivity (Wildman–Crippen MR) is 102 cm³/mol. The second kappa shape index (κ2) is 8.38. The van der Waals surface area contributed by atoms with Gasteiger partial charge in [-0.3, -0.25) is 9.59 Å². The number of halogens is 2. The summed E-state index contributed by atoms with van der Waals surface area (Å²) in [6.45, 7) is 2.80. The second-order valence-electron chi connectivity index (χ2n) is 6.71. The molecular formula is C19H21F2N5O3. The van der Waals surface area contributed by atoms with Crippen molar-refractivity contribution in [2.45, 2.75) is 25.8 Å². The summed E-state index contributed by atoms with van der Waals surface area (Å²) in [5, 5.41) is 3.14. The summed E-state index contributed by atoms with van der Waals surface area (Å²) < 4.78 is 31.9. The Morgan fingerprint density at radius 1 is 1.21 bits per heavy atom. The SMILES string of the molecule is COc1cc(F)c(F)cc1C(=O)c1cnc(NC2CCN(C(C)=O)CC2)nc1N. The summed E-state index contributed by atoms with van der Waals surface area (Å²) in [5.74, 6) is -2.91. The Morgan fingerprint density at radius 3 is 2.45 bits per heavy atom. The van der Waals surface area contributed by atoms with Gasteiger partial charge in [0, 0.05) is 38.3 Å². The quantitative estimate of drug-likeness (QED) is 0.732. The van der Waals surface area contributed by atoms with Crippen LogP contribution in [0.3, 0.4) is 0 Å². The fourth-order valence-electron chi connectivity index (χ4n) is 3.18. The molecule has 1 aromatic carbocycles. The number of ether oxygens (including phenoxy) is 1. The molecule has 2 heterocycles. The monoisotopic (exact) mass is 405 g/mol. The van der Waals surface area contributed by atoms with Gasteiger partial charge in [0.25, 0.3) is 0 Å². The van der Waals surface area contributed by atoms with E-state index in [1.54, 1.807) is 4.90 Å². The number of piperidine rings is 1. The van der Waals surface area contributed by atoms with Gasteiger partial charge in [-0.1, -0.05) is 0 Å². The first-order chi connectivity index (χ1) is 13.8. The van der Waals surface area contributed by atoms with Crippen molar-refractivity contribution in [3.8, 4) is 5.75 Å². The van der Waals surface area contributed by atoms with Crippen molar-refractivity contribution < 1.29 is 23.1 Å². The highest BCUT2D eigenvalue weighted by molar-refractivity contribution is 6.13. The molecule has 0 radical (unpaired) electrons. The zero-order valence-electron chi connectivity index (χ0n) is 16.0. The summed E-state index contributed by atoms with van der Waals surface area (Å²) in [4.78, 5) is 34.1. The van der Waals surface area contributed by atoms with Crippen LogP contribution >= 0.6 is 0 Å². The highest BCUT2D eigenvalue weighted by atomic mass is 19.2. The average molecular weight is 405 g/mol.